The molecule has 5 heteroatoms. The maximum Gasteiger partial charge on any atom is 0.148 e. The average Bonchev–Trinajstić information content (AvgIpc) is 3.00. The van der Waals surface area contributed by atoms with E-state index in [9.17, 15) is 10.2 Å². The van der Waals surface area contributed by atoms with Gasteiger partial charge in [0, 0.05) is 28.5 Å². The molecule has 0 radical (unpaired) electrons. The van der Waals surface area contributed by atoms with Crippen molar-refractivity contribution in [3.05, 3.63) is 123 Å². The van der Waals surface area contributed by atoms with E-state index in [1.165, 1.54) is 0 Å². The Labute approximate surface area is 282 Å². The summed E-state index contributed by atoms with van der Waals surface area (Å²) >= 11 is 0. The van der Waals surface area contributed by atoms with Crippen molar-refractivity contribution in [3.8, 4) is 17.2 Å². The second kappa shape index (κ2) is 13.2. The molecule has 0 saturated heterocycles. The van der Waals surface area contributed by atoms with Crippen molar-refractivity contribution in [2.75, 3.05) is 14.2 Å². The van der Waals surface area contributed by atoms with Gasteiger partial charge in [0.25, 0.3) is 0 Å². The predicted molar refractivity (Wildman–Crippen MR) is 195 cm³/mol. The highest BCUT2D eigenvalue weighted by Gasteiger charge is 2.46. The minimum absolute atomic E-state index is 0.182. The molecule has 1 atom stereocenters. The molecule has 1 unspecified atom stereocenters. The first-order valence-electron chi connectivity index (χ1n) is 16.3. The van der Waals surface area contributed by atoms with Crippen LogP contribution in [0.25, 0.3) is 0 Å². The fourth-order valence-corrected chi connectivity index (χ4v) is 6.09. The van der Waals surface area contributed by atoms with Gasteiger partial charge in [-0.15, -0.1) is 0 Å². The van der Waals surface area contributed by atoms with Crippen molar-refractivity contribution >= 4 is 6.21 Å². The molecule has 250 valence electrons. The number of aryl methyl sites for hydroxylation is 1. The third-order valence-corrected chi connectivity index (χ3v) is 8.92. The number of nitrogens with zero attached hydrogens (tertiary/aromatic N) is 1. The third-order valence-electron chi connectivity index (χ3n) is 8.92. The lowest BCUT2D eigenvalue weighted by atomic mass is 9.73. The summed E-state index contributed by atoms with van der Waals surface area (Å²) in [5.41, 5.74) is 4.00. The van der Waals surface area contributed by atoms with Crippen LogP contribution < -0.4 is 9.47 Å². The van der Waals surface area contributed by atoms with E-state index in [-0.39, 0.29) is 22.0 Å². The number of phenols is 1. The molecule has 0 fully saturated rings. The normalized spacial score (nSPS) is 13.6. The lowest BCUT2D eigenvalue weighted by Gasteiger charge is -2.38. The van der Waals surface area contributed by atoms with Crippen LogP contribution >= 0.6 is 0 Å². The van der Waals surface area contributed by atoms with Crippen LogP contribution in [0.2, 0.25) is 0 Å². The Morgan fingerprint density at radius 1 is 0.638 bits per heavy atom. The summed E-state index contributed by atoms with van der Waals surface area (Å²) in [7, 11) is 3.25. The molecule has 0 bridgehead atoms. The van der Waals surface area contributed by atoms with Gasteiger partial charge in [-0.1, -0.05) is 111 Å². The first kappa shape index (κ1) is 35.8. The molecule has 0 amide bonds. The maximum absolute atomic E-state index is 13.7. The minimum Gasteiger partial charge on any atom is -0.507 e. The van der Waals surface area contributed by atoms with E-state index in [0.717, 1.165) is 27.8 Å². The molecule has 0 aliphatic rings. The number of aliphatic hydroxyl groups is 1. The Kier molecular flexibility index (Phi) is 10.0. The van der Waals surface area contributed by atoms with Crippen LogP contribution in [0.15, 0.2) is 83.9 Å². The molecule has 0 heterocycles. The number of benzene rings is 4. The van der Waals surface area contributed by atoms with Crippen LogP contribution in [0.3, 0.4) is 0 Å². The monoisotopic (exact) mass is 635 g/mol. The van der Waals surface area contributed by atoms with Crippen LogP contribution in [0, 0.1) is 6.92 Å². The largest absolute Gasteiger partial charge is 0.507 e. The van der Waals surface area contributed by atoms with Crippen LogP contribution in [-0.4, -0.2) is 30.6 Å². The van der Waals surface area contributed by atoms with E-state index in [0.29, 0.717) is 28.2 Å². The molecular formula is C42H53NO4. The highest BCUT2D eigenvalue weighted by atomic mass is 16.5. The van der Waals surface area contributed by atoms with Crippen molar-refractivity contribution in [3.63, 3.8) is 0 Å². The zero-order valence-electron chi connectivity index (χ0n) is 30.3. The number of aromatic hydroxyl groups is 1. The zero-order valence-corrected chi connectivity index (χ0v) is 30.3. The maximum atomic E-state index is 13.7. The first-order valence-corrected chi connectivity index (χ1v) is 16.3. The van der Waals surface area contributed by atoms with Gasteiger partial charge in [0.15, 0.2) is 0 Å². The highest BCUT2D eigenvalue weighted by molar-refractivity contribution is 5.85. The summed E-state index contributed by atoms with van der Waals surface area (Å²) in [5, 5.41) is 25.2. The lowest BCUT2D eigenvalue weighted by molar-refractivity contribution is 0.0470. The summed E-state index contributed by atoms with van der Waals surface area (Å²) in [4.78, 5) is 5.20. The Bertz CT molecular complexity index is 1670. The summed E-state index contributed by atoms with van der Waals surface area (Å²) in [5.74, 6) is 1.25. The van der Waals surface area contributed by atoms with E-state index in [1.807, 2.05) is 85.8 Å². The van der Waals surface area contributed by atoms with Crippen LogP contribution in [0.4, 0.5) is 0 Å². The highest BCUT2D eigenvalue weighted by Crippen LogP contribution is 2.51. The molecule has 47 heavy (non-hydrogen) atoms. The molecule has 4 rings (SSSR count). The van der Waals surface area contributed by atoms with E-state index in [1.54, 1.807) is 20.4 Å². The fraction of sp³-hybridized carbons (Fsp3) is 0.405. The van der Waals surface area contributed by atoms with Gasteiger partial charge in [-0.3, -0.25) is 4.99 Å². The molecule has 4 aromatic carbocycles. The number of aliphatic imine (C=N–C) groups is 1. The smallest absolute Gasteiger partial charge is 0.148 e. The number of hydrogen-bond donors (Lipinski definition) is 2. The molecule has 0 aliphatic carbocycles. The first-order chi connectivity index (χ1) is 21.8. The van der Waals surface area contributed by atoms with E-state index in [2.05, 4.69) is 62.3 Å². The van der Waals surface area contributed by atoms with Gasteiger partial charge in [0.05, 0.1) is 14.2 Å². The molecule has 0 aliphatic heterocycles. The van der Waals surface area contributed by atoms with Crippen molar-refractivity contribution in [1.29, 1.82) is 0 Å². The number of methoxy groups -OCH3 is 2. The summed E-state index contributed by atoms with van der Waals surface area (Å²) in [6.45, 7) is 21.2. The van der Waals surface area contributed by atoms with Crippen LogP contribution in [-0.2, 0) is 21.8 Å². The number of ether oxygens (including phenoxy) is 2. The second-order valence-electron chi connectivity index (χ2n) is 15.7. The number of hydrogen-bond acceptors (Lipinski definition) is 5. The Balaban J connectivity index is 2.17. The number of rotatable bonds is 8. The summed E-state index contributed by atoms with van der Waals surface area (Å²) in [6, 6.07) is 24.9. The standard InChI is InChI=1S/C42H53NO4/c1-27-22-29(37(44)34(23-27)41(8,9)10)26-43-38(28-16-14-13-15-17-28)42(45,32-24-30(39(2,3)4)18-20-35(32)46-11)33-25-31(40(5,6)7)19-21-36(33)47-12/h13-26,38,44-45H,1-12H3. The topological polar surface area (TPSA) is 71.3 Å². The fourth-order valence-electron chi connectivity index (χ4n) is 6.09. The third kappa shape index (κ3) is 7.41. The summed E-state index contributed by atoms with van der Waals surface area (Å²) < 4.78 is 12.0. The SMILES string of the molecule is COc1ccc(C(C)(C)C)cc1C(O)(c1cc(C(C)(C)C)ccc1OC)C(N=Cc1cc(C)cc(C(C)(C)C)c1O)c1ccccc1. The van der Waals surface area contributed by atoms with Gasteiger partial charge in [0.2, 0.25) is 0 Å². The van der Waals surface area contributed by atoms with Gasteiger partial charge < -0.3 is 19.7 Å². The summed E-state index contributed by atoms with van der Waals surface area (Å²) in [6.07, 6.45) is 1.69. The molecule has 5 nitrogen and oxygen atoms in total. The molecular weight excluding hydrogens is 582 g/mol. The van der Waals surface area contributed by atoms with Gasteiger partial charge in [-0.2, -0.15) is 0 Å². The van der Waals surface area contributed by atoms with Crippen molar-refractivity contribution in [1.82, 2.24) is 0 Å². The van der Waals surface area contributed by atoms with Gasteiger partial charge in [-0.25, -0.2) is 0 Å². The molecule has 0 saturated carbocycles. The number of phenolic OH excluding ortho intramolecular Hbond substituents is 1. The second-order valence-corrected chi connectivity index (χ2v) is 15.7. The molecule has 2 N–H and O–H groups in total. The predicted octanol–water partition coefficient (Wildman–Crippen LogP) is 9.71. The van der Waals surface area contributed by atoms with Crippen molar-refractivity contribution in [2.24, 2.45) is 4.99 Å². The Morgan fingerprint density at radius 3 is 1.55 bits per heavy atom. The van der Waals surface area contributed by atoms with E-state index < -0.39 is 11.6 Å². The van der Waals surface area contributed by atoms with Crippen LogP contribution in [0.1, 0.15) is 113 Å². The minimum atomic E-state index is -1.77. The van der Waals surface area contributed by atoms with Gasteiger partial charge in [-0.05, 0) is 75.8 Å². The van der Waals surface area contributed by atoms with Gasteiger partial charge >= 0.3 is 0 Å². The Morgan fingerprint density at radius 2 is 1.13 bits per heavy atom. The average molecular weight is 636 g/mol. The Hall–Kier alpha value is -4.09. The molecule has 4 aromatic rings. The molecule has 0 spiro atoms. The zero-order chi connectivity index (χ0) is 34.9. The van der Waals surface area contributed by atoms with E-state index in [4.69, 9.17) is 14.5 Å². The lowest BCUT2D eigenvalue weighted by Crippen LogP contribution is -2.36. The van der Waals surface area contributed by atoms with E-state index >= 15 is 0 Å². The van der Waals surface area contributed by atoms with Crippen LogP contribution in [0.5, 0.6) is 17.2 Å². The van der Waals surface area contributed by atoms with Crippen molar-refractivity contribution < 1.29 is 19.7 Å². The quantitative estimate of drug-likeness (QED) is 0.189. The molecule has 0 aromatic heterocycles. The van der Waals surface area contributed by atoms with Gasteiger partial charge in [0.1, 0.15) is 28.9 Å². The van der Waals surface area contributed by atoms with Crippen molar-refractivity contribution in [2.45, 2.75) is 97.1 Å².